The standard InChI is InChI=1S/C11H10N2O4/c1-2-13-10(15)8(9(14)12-11(13)16)6-7-4-3-5-17-7/h3-6H,2H2,1H3,(H,12,14,16)/b8-6-. The van der Waals surface area contributed by atoms with Crippen LogP contribution in [-0.4, -0.2) is 29.3 Å². The van der Waals surface area contributed by atoms with Gasteiger partial charge < -0.3 is 4.42 Å². The van der Waals surface area contributed by atoms with Crippen molar-refractivity contribution in [1.82, 2.24) is 10.2 Å². The average molecular weight is 234 g/mol. The molecule has 4 amide bonds. The molecular weight excluding hydrogens is 224 g/mol. The molecule has 0 unspecified atom stereocenters. The van der Waals surface area contributed by atoms with Gasteiger partial charge in [0.15, 0.2) is 0 Å². The molecule has 0 aliphatic carbocycles. The second kappa shape index (κ2) is 4.25. The summed E-state index contributed by atoms with van der Waals surface area (Å²) >= 11 is 0. The van der Waals surface area contributed by atoms with Crippen molar-refractivity contribution in [2.24, 2.45) is 0 Å². The van der Waals surface area contributed by atoms with E-state index < -0.39 is 17.8 Å². The van der Waals surface area contributed by atoms with Crippen molar-refractivity contribution in [2.75, 3.05) is 6.54 Å². The maximum Gasteiger partial charge on any atom is 0.331 e. The maximum absolute atomic E-state index is 11.8. The number of imide groups is 2. The van der Waals surface area contributed by atoms with E-state index in [1.54, 1.807) is 19.1 Å². The molecule has 88 valence electrons. The molecule has 1 fully saturated rings. The quantitative estimate of drug-likeness (QED) is 0.605. The molecule has 0 saturated carbocycles. The summed E-state index contributed by atoms with van der Waals surface area (Å²) < 4.78 is 5.02. The molecule has 1 aromatic rings. The third-order valence-corrected chi connectivity index (χ3v) is 2.33. The first-order chi connectivity index (χ1) is 8.13. The van der Waals surface area contributed by atoms with Gasteiger partial charge in [-0.2, -0.15) is 0 Å². The van der Waals surface area contributed by atoms with Crippen LogP contribution in [0.25, 0.3) is 6.08 Å². The first-order valence-corrected chi connectivity index (χ1v) is 5.06. The Morgan fingerprint density at radius 3 is 2.76 bits per heavy atom. The second-order valence-electron chi connectivity index (χ2n) is 3.38. The van der Waals surface area contributed by atoms with Crippen molar-refractivity contribution in [2.45, 2.75) is 6.92 Å². The summed E-state index contributed by atoms with van der Waals surface area (Å²) in [6.45, 7) is 1.85. The van der Waals surface area contributed by atoms with Gasteiger partial charge >= 0.3 is 6.03 Å². The molecule has 6 heteroatoms. The van der Waals surface area contributed by atoms with Crippen LogP contribution in [0.5, 0.6) is 0 Å². The first-order valence-electron chi connectivity index (χ1n) is 5.06. The fraction of sp³-hybridized carbons (Fsp3) is 0.182. The van der Waals surface area contributed by atoms with Crippen LogP contribution in [0.4, 0.5) is 4.79 Å². The van der Waals surface area contributed by atoms with E-state index in [9.17, 15) is 14.4 Å². The number of amides is 4. The number of nitrogens with zero attached hydrogens (tertiary/aromatic N) is 1. The number of carbonyl (C=O) groups excluding carboxylic acids is 3. The lowest BCUT2D eigenvalue weighted by atomic mass is 10.1. The summed E-state index contributed by atoms with van der Waals surface area (Å²) in [6, 6.07) is 2.56. The van der Waals surface area contributed by atoms with Gasteiger partial charge in [-0.05, 0) is 25.1 Å². The Kier molecular flexibility index (Phi) is 2.78. The number of urea groups is 1. The second-order valence-corrected chi connectivity index (χ2v) is 3.38. The monoisotopic (exact) mass is 234 g/mol. The van der Waals surface area contributed by atoms with Crippen LogP contribution >= 0.6 is 0 Å². The number of furan rings is 1. The summed E-state index contributed by atoms with van der Waals surface area (Å²) in [5, 5.41) is 2.09. The van der Waals surface area contributed by atoms with E-state index in [-0.39, 0.29) is 12.1 Å². The number of hydrogen-bond acceptors (Lipinski definition) is 4. The predicted octanol–water partition coefficient (Wildman–Crippen LogP) is 0.761. The Morgan fingerprint density at radius 1 is 1.41 bits per heavy atom. The van der Waals surface area contributed by atoms with Gasteiger partial charge in [0.1, 0.15) is 11.3 Å². The molecule has 1 aliphatic heterocycles. The number of carbonyl (C=O) groups is 3. The highest BCUT2D eigenvalue weighted by Gasteiger charge is 2.34. The third kappa shape index (κ3) is 1.96. The zero-order chi connectivity index (χ0) is 12.4. The van der Waals surface area contributed by atoms with Gasteiger partial charge in [-0.3, -0.25) is 19.8 Å². The van der Waals surface area contributed by atoms with Gasteiger partial charge in [0, 0.05) is 6.54 Å². The van der Waals surface area contributed by atoms with Gasteiger partial charge in [-0.25, -0.2) is 4.79 Å². The molecule has 6 nitrogen and oxygen atoms in total. The minimum Gasteiger partial charge on any atom is -0.465 e. The number of barbiturate groups is 1. The Labute approximate surface area is 96.9 Å². The summed E-state index contributed by atoms with van der Waals surface area (Å²) in [6.07, 6.45) is 2.74. The molecule has 0 spiro atoms. The Balaban J connectivity index is 2.36. The van der Waals surface area contributed by atoms with Crippen LogP contribution in [0.2, 0.25) is 0 Å². The normalized spacial score (nSPS) is 18.8. The largest absolute Gasteiger partial charge is 0.465 e. The van der Waals surface area contributed by atoms with Crippen LogP contribution in [-0.2, 0) is 9.59 Å². The summed E-state index contributed by atoms with van der Waals surface area (Å²) in [7, 11) is 0. The van der Waals surface area contributed by atoms with Crippen molar-refractivity contribution in [3.8, 4) is 0 Å². The van der Waals surface area contributed by atoms with Gasteiger partial charge in [0.2, 0.25) is 0 Å². The summed E-state index contributed by atoms with van der Waals surface area (Å²) in [5.74, 6) is -0.937. The van der Waals surface area contributed by atoms with E-state index in [0.717, 1.165) is 4.90 Å². The topological polar surface area (TPSA) is 79.6 Å². The van der Waals surface area contributed by atoms with Gasteiger partial charge in [0.25, 0.3) is 11.8 Å². The molecular formula is C11H10N2O4. The molecule has 0 radical (unpaired) electrons. The van der Waals surface area contributed by atoms with Gasteiger partial charge in [-0.15, -0.1) is 0 Å². The fourth-order valence-corrected chi connectivity index (χ4v) is 1.50. The highest BCUT2D eigenvalue weighted by atomic mass is 16.3. The van der Waals surface area contributed by atoms with E-state index >= 15 is 0 Å². The predicted molar refractivity (Wildman–Crippen MR) is 57.6 cm³/mol. The van der Waals surface area contributed by atoms with Crippen molar-refractivity contribution in [1.29, 1.82) is 0 Å². The lowest BCUT2D eigenvalue weighted by molar-refractivity contribution is -0.129. The average Bonchev–Trinajstić information content (AvgIpc) is 2.77. The Morgan fingerprint density at radius 2 is 2.18 bits per heavy atom. The van der Waals surface area contributed by atoms with Gasteiger partial charge in [0.05, 0.1) is 6.26 Å². The minimum absolute atomic E-state index is 0.110. The van der Waals surface area contributed by atoms with Crippen LogP contribution in [0.3, 0.4) is 0 Å². The van der Waals surface area contributed by atoms with Crippen LogP contribution in [0.1, 0.15) is 12.7 Å². The molecule has 0 atom stereocenters. The van der Waals surface area contributed by atoms with E-state index in [1.807, 2.05) is 0 Å². The third-order valence-electron chi connectivity index (χ3n) is 2.33. The van der Waals surface area contributed by atoms with E-state index in [2.05, 4.69) is 5.32 Å². The van der Waals surface area contributed by atoms with Crippen molar-refractivity contribution >= 4 is 23.9 Å². The smallest absolute Gasteiger partial charge is 0.331 e. The zero-order valence-corrected chi connectivity index (χ0v) is 9.10. The minimum atomic E-state index is -0.707. The number of rotatable bonds is 2. The van der Waals surface area contributed by atoms with Crippen LogP contribution in [0.15, 0.2) is 28.4 Å². The van der Waals surface area contributed by atoms with Crippen molar-refractivity contribution in [3.05, 3.63) is 29.7 Å². The number of likely N-dealkylation sites (N-methyl/N-ethyl adjacent to an activating group) is 1. The SMILES string of the molecule is CCN1C(=O)NC(=O)/C(=C/c2ccco2)C1=O. The fourth-order valence-electron chi connectivity index (χ4n) is 1.50. The highest BCUT2D eigenvalue weighted by molar-refractivity contribution is 6.30. The first kappa shape index (κ1) is 11.1. The summed E-state index contributed by atoms with van der Waals surface area (Å²) in [4.78, 5) is 35.6. The van der Waals surface area contributed by atoms with Crippen LogP contribution in [0, 0.1) is 0 Å². The van der Waals surface area contributed by atoms with E-state index in [1.165, 1.54) is 12.3 Å². The number of hydrogen-bond donors (Lipinski definition) is 1. The summed E-state index contributed by atoms with van der Waals surface area (Å²) in [5.41, 5.74) is -0.110. The molecule has 1 N–H and O–H groups in total. The Bertz CT molecular complexity index is 502. The van der Waals surface area contributed by atoms with E-state index in [4.69, 9.17) is 4.42 Å². The van der Waals surface area contributed by atoms with Gasteiger partial charge in [-0.1, -0.05) is 0 Å². The molecule has 0 aromatic carbocycles. The highest BCUT2D eigenvalue weighted by Crippen LogP contribution is 2.14. The zero-order valence-electron chi connectivity index (χ0n) is 9.10. The number of nitrogens with one attached hydrogen (secondary N) is 1. The molecule has 1 saturated heterocycles. The molecule has 17 heavy (non-hydrogen) atoms. The van der Waals surface area contributed by atoms with E-state index in [0.29, 0.717) is 5.76 Å². The molecule has 0 bridgehead atoms. The van der Waals surface area contributed by atoms with Crippen molar-refractivity contribution < 1.29 is 18.8 Å². The molecule has 1 aromatic heterocycles. The molecule has 2 heterocycles. The Hall–Kier alpha value is -2.37. The molecule has 1 aliphatic rings. The van der Waals surface area contributed by atoms with Crippen molar-refractivity contribution in [3.63, 3.8) is 0 Å². The lowest BCUT2D eigenvalue weighted by Crippen LogP contribution is -2.53. The lowest BCUT2D eigenvalue weighted by Gasteiger charge is -2.24. The van der Waals surface area contributed by atoms with Crippen LogP contribution < -0.4 is 5.32 Å². The maximum atomic E-state index is 11.8. The molecule has 2 rings (SSSR count).